The third kappa shape index (κ3) is 3.86. The molecule has 0 aliphatic carbocycles. The number of hydrogen-bond acceptors (Lipinski definition) is 3. The van der Waals surface area contributed by atoms with Crippen molar-refractivity contribution in [1.29, 1.82) is 0 Å². The van der Waals surface area contributed by atoms with Gasteiger partial charge in [-0.2, -0.15) is 0 Å². The molecule has 0 atom stereocenters. The Morgan fingerprint density at radius 3 is 2.24 bits per heavy atom. The maximum Gasteiger partial charge on any atom is 0.0894 e. The van der Waals surface area contributed by atoms with Gasteiger partial charge in [0.25, 0.3) is 0 Å². The van der Waals surface area contributed by atoms with Crippen molar-refractivity contribution in [3.8, 4) is 0 Å². The molecule has 0 saturated heterocycles. The Morgan fingerprint density at radius 2 is 1.41 bits per heavy atom. The Labute approximate surface area is 180 Å². The molecule has 5 aromatic rings. The van der Waals surface area contributed by atoms with E-state index in [0.717, 1.165) is 6.54 Å². The van der Waals surface area contributed by atoms with E-state index in [0.29, 0.717) is 0 Å². The molecular formula is C26H27NS2. The molecule has 0 fully saturated rings. The van der Waals surface area contributed by atoms with Crippen molar-refractivity contribution in [3.05, 3.63) is 53.9 Å². The maximum atomic E-state index is 3.66. The summed E-state index contributed by atoms with van der Waals surface area (Å²) in [5.41, 5.74) is 0. The van der Waals surface area contributed by atoms with Gasteiger partial charge in [0.1, 0.15) is 0 Å². The second-order valence-electron chi connectivity index (χ2n) is 8.01. The van der Waals surface area contributed by atoms with E-state index in [4.69, 9.17) is 0 Å². The van der Waals surface area contributed by atoms with Gasteiger partial charge < -0.3 is 5.32 Å². The first kappa shape index (κ1) is 18.9. The van der Waals surface area contributed by atoms with Gasteiger partial charge in [-0.05, 0) is 80.5 Å². The molecular weight excluding hydrogens is 390 g/mol. The van der Waals surface area contributed by atoms with Crippen LogP contribution in [0, 0.1) is 0 Å². The van der Waals surface area contributed by atoms with Crippen LogP contribution in [0.15, 0.2) is 53.9 Å². The zero-order valence-corrected chi connectivity index (χ0v) is 18.6. The first-order valence-corrected chi connectivity index (χ1v) is 12.5. The van der Waals surface area contributed by atoms with Gasteiger partial charge >= 0.3 is 0 Å². The van der Waals surface area contributed by atoms with Gasteiger partial charge in [0.05, 0.1) is 5.00 Å². The van der Waals surface area contributed by atoms with Crippen molar-refractivity contribution in [1.82, 2.24) is 0 Å². The minimum absolute atomic E-state index is 1.08. The minimum atomic E-state index is 1.08. The fraction of sp³-hybridized carbons (Fsp3) is 0.308. The van der Waals surface area contributed by atoms with E-state index < -0.39 is 0 Å². The Morgan fingerprint density at radius 1 is 0.690 bits per heavy atom. The lowest BCUT2D eigenvalue weighted by atomic mass is 10.00. The quantitative estimate of drug-likeness (QED) is 0.196. The predicted molar refractivity (Wildman–Crippen MR) is 134 cm³/mol. The molecule has 2 aromatic heterocycles. The smallest absolute Gasteiger partial charge is 0.0894 e. The van der Waals surface area contributed by atoms with Gasteiger partial charge in [-0.3, -0.25) is 0 Å². The number of fused-ring (bicyclic) bond motifs is 5. The molecule has 148 valence electrons. The van der Waals surface area contributed by atoms with Crippen LogP contribution in [-0.2, 0) is 0 Å². The highest BCUT2D eigenvalue weighted by Gasteiger charge is 2.08. The van der Waals surface area contributed by atoms with Crippen LogP contribution >= 0.6 is 22.7 Å². The molecule has 2 heterocycles. The lowest BCUT2D eigenvalue weighted by Gasteiger charge is -2.05. The second-order valence-corrected chi connectivity index (χ2v) is 10.0. The second kappa shape index (κ2) is 8.33. The van der Waals surface area contributed by atoms with Gasteiger partial charge in [0.2, 0.25) is 0 Å². The number of nitrogens with one attached hydrogen (secondary N) is 1. The van der Waals surface area contributed by atoms with Crippen molar-refractivity contribution in [2.45, 2.75) is 45.4 Å². The van der Waals surface area contributed by atoms with E-state index in [1.165, 1.54) is 85.2 Å². The molecule has 5 rings (SSSR count). The van der Waals surface area contributed by atoms with Crippen LogP contribution in [0.25, 0.3) is 41.7 Å². The van der Waals surface area contributed by atoms with Gasteiger partial charge in [-0.15, -0.1) is 22.7 Å². The van der Waals surface area contributed by atoms with Gasteiger partial charge in [-0.25, -0.2) is 0 Å². The van der Waals surface area contributed by atoms with Crippen LogP contribution in [0.3, 0.4) is 0 Å². The maximum absolute atomic E-state index is 3.66. The zero-order valence-electron chi connectivity index (χ0n) is 17.0. The molecule has 0 amide bonds. The molecule has 1 N–H and O–H groups in total. The SMILES string of the molecule is CCCCCCCCNc1cc2cc3ccc4cc5ccsc5cc4c3cc2s1. The fourth-order valence-electron chi connectivity index (χ4n) is 4.26. The molecule has 3 heteroatoms. The normalized spacial score (nSPS) is 11.9. The first-order chi connectivity index (χ1) is 14.3. The molecule has 0 saturated carbocycles. The minimum Gasteiger partial charge on any atom is -0.377 e. The standard InChI is InChI=1S/C26H27NS2/c1-2-3-4-5-6-7-11-27-26-15-21-14-19-9-8-18-13-20-10-12-28-24(20)16-22(18)23(19)17-25(21)29-26/h8-10,12-17,27H,2-7,11H2,1H3. The Balaban J connectivity index is 1.40. The van der Waals surface area contributed by atoms with Crippen LogP contribution in [-0.4, -0.2) is 6.54 Å². The van der Waals surface area contributed by atoms with Gasteiger partial charge in [0.15, 0.2) is 0 Å². The number of benzene rings is 3. The Bertz CT molecular complexity index is 1280. The number of anilines is 1. The number of thiophene rings is 2. The zero-order chi connectivity index (χ0) is 19.6. The largest absolute Gasteiger partial charge is 0.377 e. The van der Waals surface area contributed by atoms with Crippen molar-refractivity contribution in [3.63, 3.8) is 0 Å². The molecule has 0 aliphatic rings. The van der Waals surface area contributed by atoms with E-state index in [9.17, 15) is 0 Å². The summed E-state index contributed by atoms with van der Waals surface area (Å²) in [6.07, 6.45) is 8.06. The third-order valence-corrected chi connectivity index (χ3v) is 7.81. The summed E-state index contributed by atoms with van der Waals surface area (Å²) >= 11 is 3.72. The van der Waals surface area contributed by atoms with Crippen LogP contribution in [0.5, 0.6) is 0 Å². The predicted octanol–water partition coefficient (Wildman–Crippen LogP) is 9.19. The summed E-state index contributed by atoms with van der Waals surface area (Å²) in [4.78, 5) is 0. The van der Waals surface area contributed by atoms with Crippen molar-refractivity contribution >= 4 is 69.4 Å². The van der Waals surface area contributed by atoms with E-state index in [-0.39, 0.29) is 0 Å². The van der Waals surface area contributed by atoms with Crippen LogP contribution < -0.4 is 5.32 Å². The number of unbranched alkanes of at least 4 members (excludes halogenated alkanes) is 5. The average Bonchev–Trinajstić information content (AvgIpc) is 3.35. The summed E-state index contributed by atoms with van der Waals surface area (Å²) in [6, 6.07) is 18.5. The molecule has 0 aliphatic heterocycles. The van der Waals surface area contributed by atoms with Crippen molar-refractivity contribution in [2.24, 2.45) is 0 Å². The highest BCUT2D eigenvalue weighted by Crippen LogP contribution is 2.37. The molecule has 0 radical (unpaired) electrons. The molecule has 29 heavy (non-hydrogen) atoms. The summed E-state index contributed by atoms with van der Waals surface area (Å²) in [5.74, 6) is 0. The monoisotopic (exact) mass is 417 g/mol. The van der Waals surface area contributed by atoms with Gasteiger partial charge in [-0.1, -0.05) is 51.2 Å². The van der Waals surface area contributed by atoms with E-state index >= 15 is 0 Å². The summed E-state index contributed by atoms with van der Waals surface area (Å²) < 4.78 is 2.75. The Hall–Kier alpha value is -2.10. The Kier molecular flexibility index (Phi) is 5.43. The lowest BCUT2D eigenvalue weighted by molar-refractivity contribution is 0.617. The highest BCUT2D eigenvalue weighted by atomic mass is 32.1. The lowest BCUT2D eigenvalue weighted by Crippen LogP contribution is -1.99. The molecule has 1 nitrogen and oxygen atoms in total. The van der Waals surface area contributed by atoms with E-state index in [1.54, 1.807) is 0 Å². The summed E-state index contributed by atoms with van der Waals surface area (Å²) in [7, 11) is 0. The molecule has 0 bridgehead atoms. The van der Waals surface area contributed by atoms with Crippen LogP contribution in [0.4, 0.5) is 5.00 Å². The van der Waals surface area contributed by atoms with E-state index in [1.807, 2.05) is 22.7 Å². The van der Waals surface area contributed by atoms with Crippen molar-refractivity contribution in [2.75, 3.05) is 11.9 Å². The first-order valence-electron chi connectivity index (χ1n) is 10.8. The van der Waals surface area contributed by atoms with E-state index in [2.05, 4.69) is 66.2 Å². The summed E-state index contributed by atoms with van der Waals surface area (Å²) in [5, 5.41) is 15.2. The van der Waals surface area contributed by atoms with Crippen molar-refractivity contribution < 1.29 is 0 Å². The van der Waals surface area contributed by atoms with Gasteiger partial charge in [0, 0.05) is 15.9 Å². The third-order valence-electron chi connectivity index (χ3n) is 5.88. The molecule has 3 aromatic carbocycles. The number of rotatable bonds is 8. The topological polar surface area (TPSA) is 12.0 Å². The molecule has 0 spiro atoms. The van der Waals surface area contributed by atoms with Crippen LogP contribution in [0.2, 0.25) is 0 Å². The fourth-order valence-corrected chi connectivity index (χ4v) is 6.08. The average molecular weight is 418 g/mol. The molecule has 0 unspecified atom stereocenters. The summed E-state index contributed by atoms with van der Waals surface area (Å²) in [6.45, 7) is 3.36. The van der Waals surface area contributed by atoms with Crippen LogP contribution in [0.1, 0.15) is 45.4 Å². The number of hydrogen-bond donors (Lipinski definition) is 1. The highest BCUT2D eigenvalue weighted by molar-refractivity contribution is 7.22.